The van der Waals surface area contributed by atoms with Crippen LogP contribution in [-0.2, 0) is 17.9 Å². The molecule has 0 aliphatic carbocycles. The summed E-state index contributed by atoms with van der Waals surface area (Å²) >= 11 is 1.47. The molecule has 2 aromatic heterocycles. The van der Waals surface area contributed by atoms with Crippen molar-refractivity contribution in [3.05, 3.63) is 59.9 Å². The van der Waals surface area contributed by atoms with Gasteiger partial charge in [0.25, 0.3) is 0 Å². The number of amides is 1. The molecule has 168 valence electrons. The molecular formula is C24H30N6OS. The Morgan fingerprint density at radius 3 is 2.53 bits per heavy atom. The summed E-state index contributed by atoms with van der Waals surface area (Å²) in [4.78, 5) is 21.4. The Balaban J connectivity index is 1.32. The van der Waals surface area contributed by atoms with Gasteiger partial charge in [0.15, 0.2) is 11.0 Å². The van der Waals surface area contributed by atoms with Crippen molar-refractivity contribution < 1.29 is 4.79 Å². The van der Waals surface area contributed by atoms with Crippen molar-refractivity contribution in [1.29, 1.82) is 0 Å². The summed E-state index contributed by atoms with van der Waals surface area (Å²) in [5.74, 6) is 1.36. The molecule has 8 heteroatoms. The van der Waals surface area contributed by atoms with Gasteiger partial charge in [-0.2, -0.15) is 0 Å². The Bertz CT molecular complexity index is 1020. The summed E-state index contributed by atoms with van der Waals surface area (Å²) in [5.41, 5.74) is 3.59. The van der Waals surface area contributed by atoms with E-state index in [-0.39, 0.29) is 5.91 Å². The maximum absolute atomic E-state index is 12.9. The van der Waals surface area contributed by atoms with Gasteiger partial charge in [-0.3, -0.25) is 14.7 Å². The Labute approximate surface area is 193 Å². The van der Waals surface area contributed by atoms with Crippen LogP contribution in [-0.4, -0.2) is 67.4 Å². The highest BCUT2D eigenvalue weighted by Gasteiger charge is 2.21. The zero-order valence-corrected chi connectivity index (χ0v) is 19.6. The van der Waals surface area contributed by atoms with E-state index in [1.54, 1.807) is 12.4 Å². The predicted molar refractivity (Wildman–Crippen MR) is 127 cm³/mol. The monoisotopic (exact) mass is 450 g/mol. The fraction of sp³-hybridized carbons (Fsp3) is 0.417. The van der Waals surface area contributed by atoms with Crippen molar-refractivity contribution in [3.8, 4) is 11.4 Å². The van der Waals surface area contributed by atoms with Gasteiger partial charge < -0.3 is 9.47 Å². The van der Waals surface area contributed by atoms with Gasteiger partial charge in [0.2, 0.25) is 5.91 Å². The predicted octanol–water partition coefficient (Wildman–Crippen LogP) is 3.50. The quantitative estimate of drug-likeness (QED) is 0.514. The van der Waals surface area contributed by atoms with Crippen LogP contribution < -0.4 is 0 Å². The van der Waals surface area contributed by atoms with Gasteiger partial charge in [-0.1, -0.05) is 41.6 Å². The minimum atomic E-state index is 0.170. The number of carbonyl (C=O) groups is 1. The van der Waals surface area contributed by atoms with Crippen LogP contribution in [0, 0.1) is 6.92 Å². The molecule has 32 heavy (non-hydrogen) atoms. The van der Waals surface area contributed by atoms with E-state index in [0.29, 0.717) is 5.75 Å². The van der Waals surface area contributed by atoms with Gasteiger partial charge in [0, 0.05) is 57.2 Å². The lowest BCUT2D eigenvalue weighted by molar-refractivity contribution is -0.128. The third-order valence-electron chi connectivity index (χ3n) is 5.76. The van der Waals surface area contributed by atoms with E-state index in [0.717, 1.165) is 62.2 Å². The highest BCUT2D eigenvalue weighted by molar-refractivity contribution is 7.99. The molecule has 1 saturated heterocycles. The van der Waals surface area contributed by atoms with E-state index >= 15 is 0 Å². The number of aryl methyl sites for hydroxylation is 1. The Morgan fingerprint density at radius 1 is 1.00 bits per heavy atom. The summed E-state index contributed by atoms with van der Waals surface area (Å²) in [6.07, 6.45) is 4.50. The summed E-state index contributed by atoms with van der Waals surface area (Å²) in [7, 11) is 0. The van der Waals surface area contributed by atoms with Crippen molar-refractivity contribution in [2.75, 3.05) is 31.9 Å². The molecule has 0 radical (unpaired) electrons. The first kappa shape index (κ1) is 22.5. The second kappa shape index (κ2) is 10.7. The van der Waals surface area contributed by atoms with Crippen LogP contribution in [0.3, 0.4) is 0 Å². The molecule has 1 aliphatic rings. The topological polar surface area (TPSA) is 67.2 Å². The molecule has 3 aromatic rings. The van der Waals surface area contributed by atoms with Crippen molar-refractivity contribution in [1.82, 2.24) is 29.5 Å². The van der Waals surface area contributed by atoms with E-state index in [1.165, 1.54) is 22.9 Å². The summed E-state index contributed by atoms with van der Waals surface area (Å²) in [6, 6.07) is 12.6. The fourth-order valence-corrected chi connectivity index (χ4v) is 4.85. The van der Waals surface area contributed by atoms with Gasteiger partial charge in [-0.15, -0.1) is 10.2 Å². The lowest BCUT2D eigenvalue weighted by atomic mass is 10.1. The number of thioether (sulfide) groups is 1. The average molecular weight is 451 g/mol. The molecule has 1 fully saturated rings. The van der Waals surface area contributed by atoms with E-state index < -0.39 is 0 Å². The van der Waals surface area contributed by atoms with Crippen molar-refractivity contribution in [3.63, 3.8) is 0 Å². The first-order valence-electron chi connectivity index (χ1n) is 11.2. The first-order chi connectivity index (χ1) is 15.6. The standard InChI is InChI=1S/C24H30N6OS/c1-3-30-23(21-9-11-25-12-10-21)26-27-24(30)32-18-22(31)29-14-4-13-28(15-16-29)17-20-7-5-19(2)6-8-20/h5-12H,3-4,13-18H2,1-2H3. The number of benzene rings is 1. The molecular weight excluding hydrogens is 420 g/mol. The second-order valence-corrected chi connectivity index (χ2v) is 9.01. The molecule has 7 nitrogen and oxygen atoms in total. The number of rotatable bonds is 7. The van der Waals surface area contributed by atoms with Gasteiger partial charge >= 0.3 is 0 Å². The Morgan fingerprint density at radius 2 is 1.78 bits per heavy atom. The van der Waals surface area contributed by atoms with Crippen molar-refractivity contribution in [2.45, 2.75) is 38.5 Å². The van der Waals surface area contributed by atoms with Crippen LogP contribution in [0.1, 0.15) is 24.5 Å². The maximum atomic E-state index is 12.9. The number of pyridine rings is 1. The van der Waals surface area contributed by atoms with Gasteiger partial charge in [-0.25, -0.2) is 0 Å². The third kappa shape index (κ3) is 5.55. The SMILES string of the molecule is CCn1c(SCC(=O)N2CCCN(Cc3ccc(C)cc3)CC2)nnc1-c1ccncc1. The number of nitrogens with zero attached hydrogens (tertiary/aromatic N) is 6. The van der Waals surface area contributed by atoms with E-state index in [1.807, 2.05) is 17.0 Å². The van der Waals surface area contributed by atoms with Gasteiger partial charge in [0.1, 0.15) is 0 Å². The van der Waals surface area contributed by atoms with Gasteiger partial charge in [0.05, 0.1) is 5.75 Å². The summed E-state index contributed by atoms with van der Waals surface area (Å²) < 4.78 is 2.05. The smallest absolute Gasteiger partial charge is 0.233 e. The van der Waals surface area contributed by atoms with E-state index in [4.69, 9.17) is 0 Å². The first-order valence-corrected chi connectivity index (χ1v) is 12.1. The van der Waals surface area contributed by atoms with Crippen molar-refractivity contribution >= 4 is 17.7 Å². The molecule has 1 amide bonds. The molecule has 1 aliphatic heterocycles. The molecule has 3 heterocycles. The number of aromatic nitrogens is 4. The molecule has 0 spiro atoms. The van der Waals surface area contributed by atoms with Crippen LogP contribution in [0.25, 0.3) is 11.4 Å². The minimum Gasteiger partial charge on any atom is -0.341 e. The molecule has 0 N–H and O–H groups in total. The van der Waals surface area contributed by atoms with E-state index in [2.05, 4.69) is 62.8 Å². The van der Waals surface area contributed by atoms with Crippen LogP contribution in [0.15, 0.2) is 53.9 Å². The van der Waals surface area contributed by atoms with Crippen LogP contribution in [0.2, 0.25) is 0 Å². The Hall–Kier alpha value is -2.71. The Kier molecular flexibility index (Phi) is 7.55. The van der Waals surface area contributed by atoms with Crippen LogP contribution >= 0.6 is 11.8 Å². The number of carbonyl (C=O) groups excluding carboxylic acids is 1. The largest absolute Gasteiger partial charge is 0.341 e. The molecule has 0 unspecified atom stereocenters. The molecule has 0 bridgehead atoms. The number of hydrogen-bond donors (Lipinski definition) is 0. The highest BCUT2D eigenvalue weighted by Crippen LogP contribution is 2.24. The van der Waals surface area contributed by atoms with Crippen LogP contribution in [0.4, 0.5) is 0 Å². The fourth-order valence-electron chi connectivity index (χ4n) is 3.94. The number of hydrogen-bond acceptors (Lipinski definition) is 6. The lowest BCUT2D eigenvalue weighted by Crippen LogP contribution is -2.36. The molecule has 4 rings (SSSR count). The normalized spacial score (nSPS) is 15.0. The summed E-state index contributed by atoms with van der Waals surface area (Å²) in [6.45, 7) is 9.37. The lowest BCUT2D eigenvalue weighted by Gasteiger charge is -2.22. The van der Waals surface area contributed by atoms with E-state index in [9.17, 15) is 4.79 Å². The maximum Gasteiger partial charge on any atom is 0.233 e. The molecule has 1 aromatic carbocycles. The van der Waals surface area contributed by atoms with Crippen molar-refractivity contribution in [2.24, 2.45) is 0 Å². The zero-order chi connectivity index (χ0) is 22.3. The average Bonchev–Trinajstić information content (AvgIpc) is 3.09. The highest BCUT2D eigenvalue weighted by atomic mass is 32.2. The second-order valence-electron chi connectivity index (χ2n) is 8.07. The summed E-state index contributed by atoms with van der Waals surface area (Å²) in [5, 5.41) is 9.47. The minimum absolute atomic E-state index is 0.170. The third-order valence-corrected chi connectivity index (χ3v) is 6.72. The van der Waals surface area contributed by atoms with Gasteiger partial charge in [-0.05, 0) is 38.0 Å². The van der Waals surface area contributed by atoms with Crippen LogP contribution in [0.5, 0.6) is 0 Å². The molecule has 0 saturated carbocycles. The zero-order valence-electron chi connectivity index (χ0n) is 18.8. The molecule has 0 atom stereocenters.